The molecule has 1 atom stereocenters. The van der Waals surface area contributed by atoms with Crippen LogP contribution in [0.1, 0.15) is 35.6 Å². The maximum Gasteiger partial charge on any atom is 0.410 e. The molecule has 0 fully saturated rings. The lowest BCUT2D eigenvalue weighted by molar-refractivity contribution is 0.0969. The third-order valence-corrected chi connectivity index (χ3v) is 5.58. The Balaban J connectivity index is 1.48. The van der Waals surface area contributed by atoms with Crippen LogP contribution in [-0.4, -0.2) is 29.8 Å². The monoisotopic (exact) mass is 373 g/mol. The van der Waals surface area contributed by atoms with Gasteiger partial charge in [0.25, 0.3) is 0 Å². The highest BCUT2D eigenvalue weighted by Gasteiger charge is 2.29. The van der Waals surface area contributed by atoms with Crippen LogP contribution in [-0.2, 0) is 4.74 Å². The Bertz CT molecular complexity index is 951. The largest absolute Gasteiger partial charge is 0.508 e. The van der Waals surface area contributed by atoms with Gasteiger partial charge in [0, 0.05) is 13.0 Å². The number of fused-ring (bicyclic) bond motifs is 3. The predicted octanol–water partition coefficient (Wildman–Crippen LogP) is 5.33. The maximum absolute atomic E-state index is 12.7. The molecule has 3 aromatic carbocycles. The molecule has 3 aromatic rings. The van der Waals surface area contributed by atoms with Gasteiger partial charge in [0.2, 0.25) is 0 Å². The van der Waals surface area contributed by atoms with Gasteiger partial charge in [0.15, 0.2) is 0 Å². The zero-order valence-corrected chi connectivity index (χ0v) is 16.0. The highest BCUT2D eigenvalue weighted by atomic mass is 16.6. The summed E-state index contributed by atoms with van der Waals surface area (Å²) in [5, 5.41) is 9.45. The van der Waals surface area contributed by atoms with Crippen molar-refractivity contribution < 1.29 is 14.6 Å². The summed E-state index contributed by atoms with van der Waals surface area (Å²) >= 11 is 0. The molecule has 1 unspecified atom stereocenters. The van der Waals surface area contributed by atoms with Crippen molar-refractivity contribution >= 4 is 6.09 Å². The Kier molecular flexibility index (Phi) is 4.78. The van der Waals surface area contributed by atoms with Gasteiger partial charge in [-0.3, -0.25) is 0 Å². The van der Waals surface area contributed by atoms with Crippen LogP contribution in [0.25, 0.3) is 11.1 Å². The Morgan fingerprint density at radius 2 is 1.50 bits per heavy atom. The second kappa shape index (κ2) is 7.39. The average molecular weight is 373 g/mol. The number of carbonyl (C=O) groups excluding carboxylic acids is 1. The molecule has 0 saturated carbocycles. The number of nitrogens with zero attached hydrogens (tertiary/aromatic N) is 1. The molecule has 0 heterocycles. The summed E-state index contributed by atoms with van der Waals surface area (Å²) in [7, 11) is 1.73. The van der Waals surface area contributed by atoms with Gasteiger partial charge in [-0.05, 0) is 46.9 Å². The molecule has 4 heteroatoms. The standard InChI is InChI=1S/C24H23NO3/c1-16(17-11-13-18(26)14-12-17)25(2)24(27)28-15-23-21-9-5-3-7-19(21)20-8-4-6-10-22(20)23/h3-14,16,23,26H,15H2,1-2H3. The quantitative estimate of drug-likeness (QED) is 0.672. The summed E-state index contributed by atoms with van der Waals surface area (Å²) in [6.07, 6.45) is -0.359. The van der Waals surface area contributed by atoms with Gasteiger partial charge in [-0.2, -0.15) is 0 Å². The SMILES string of the molecule is CC(c1ccc(O)cc1)N(C)C(=O)OCC1c2ccccc2-c2ccccc21. The number of ether oxygens (including phenoxy) is 1. The van der Waals surface area contributed by atoms with Gasteiger partial charge < -0.3 is 14.7 Å². The normalized spacial score (nSPS) is 13.5. The summed E-state index contributed by atoms with van der Waals surface area (Å²) in [6.45, 7) is 2.24. The Morgan fingerprint density at radius 3 is 2.07 bits per heavy atom. The van der Waals surface area contributed by atoms with E-state index in [0.717, 1.165) is 5.56 Å². The lowest BCUT2D eigenvalue weighted by Gasteiger charge is -2.25. The second-order valence-electron chi connectivity index (χ2n) is 7.18. The number of rotatable bonds is 4. The van der Waals surface area contributed by atoms with Crippen molar-refractivity contribution in [3.8, 4) is 16.9 Å². The van der Waals surface area contributed by atoms with Crippen LogP contribution in [0.15, 0.2) is 72.8 Å². The van der Waals surface area contributed by atoms with E-state index < -0.39 is 0 Å². The summed E-state index contributed by atoms with van der Waals surface area (Å²) in [4.78, 5) is 14.2. The molecule has 0 aliphatic heterocycles. The molecular weight excluding hydrogens is 350 g/mol. The summed E-state index contributed by atoms with van der Waals surface area (Å²) < 4.78 is 5.71. The molecule has 1 amide bonds. The van der Waals surface area contributed by atoms with Crippen LogP contribution in [0.5, 0.6) is 5.75 Å². The van der Waals surface area contributed by atoms with Gasteiger partial charge in [0.05, 0.1) is 6.04 Å². The average Bonchev–Trinajstić information content (AvgIpc) is 3.05. The molecule has 142 valence electrons. The lowest BCUT2D eigenvalue weighted by atomic mass is 9.98. The minimum Gasteiger partial charge on any atom is -0.508 e. The molecule has 0 bridgehead atoms. The van der Waals surface area contributed by atoms with E-state index in [-0.39, 0.29) is 23.8 Å². The first-order valence-corrected chi connectivity index (χ1v) is 9.43. The van der Waals surface area contributed by atoms with E-state index in [1.54, 1.807) is 24.1 Å². The van der Waals surface area contributed by atoms with E-state index in [1.165, 1.54) is 22.3 Å². The minimum absolute atomic E-state index is 0.0497. The number of aromatic hydroxyl groups is 1. The molecule has 1 aliphatic carbocycles. The fourth-order valence-corrected chi connectivity index (χ4v) is 3.83. The van der Waals surface area contributed by atoms with Gasteiger partial charge in [-0.15, -0.1) is 0 Å². The smallest absolute Gasteiger partial charge is 0.410 e. The Morgan fingerprint density at radius 1 is 0.964 bits per heavy atom. The molecule has 4 rings (SSSR count). The van der Waals surface area contributed by atoms with Crippen molar-refractivity contribution in [1.29, 1.82) is 0 Å². The van der Waals surface area contributed by atoms with Gasteiger partial charge in [0.1, 0.15) is 12.4 Å². The highest BCUT2D eigenvalue weighted by Crippen LogP contribution is 2.44. The Labute approximate surface area is 165 Å². The van der Waals surface area contributed by atoms with Crippen molar-refractivity contribution in [3.63, 3.8) is 0 Å². The van der Waals surface area contributed by atoms with Gasteiger partial charge in [-0.1, -0.05) is 60.7 Å². The molecule has 0 radical (unpaired) electrons. The molecule has 0 spiro atoms. The van der Waals surface area contributed by atoms with E-state index in [9.17, 15) is 9.90 Å². The lowest BCUT2D eigenvalue weighted by Crippen LogP contribution is -2.31. The van der Waals surface area contributed by atoms with Crippen LogP contribution >= 0.6 is 0 Å². The molecule has 4 nitrogen and oxygen atoms in total. The molecule has 0 aromatic heterocycles. The summed E-state index contributed by atoms with van der Waals surface area (Å²) in [6, 6.07) is 23.3. The third-order valence-electron chi connectivity index (χ3n) is 5.58. The molecule has 0 saturated heterocycles. The Hall–Kier alpha value is -3.27. The van der Waals surface area contributed by atoms with Gasteiger partial charge in [-0.25, -0.2) is 4.79 Å². The molecule has 28 heavy (non-hydrogen) atoms. The van der Waals surface area contributed by atoms with Crippen LogP contribution in [0.3, 0.4) is 0 Å². The van der Waals surface area contributed by atoms with E-state index in [1.807, 2.05) is 43.3 Å². The van der Waals surface area contributed by atoms with E-state index in [0.29, 0.717) is 6.61 Å². The molecule has 1 N–H and O–H groups in total. The molecule has 1 aliphatic rings. The number of hydrogen-bond acceptors (Lipinski definition) is 3. The summed E-state index contributed by atoms with van der Waals surface area (Å²) in [5.74, 6) is 0.258. The van der Waals surface area contributed by atoms with Crippen LogP contribution < -0.4 is 0 Å². The van der Waals surface area contributed by atoms with E-state index in [2.05, 4.69) is 24.3 Å². The minimum atomic E-state index is -0.359. The number of benzene rings is 3. The molecular formula is C24H23NO3. The number of amides is 1. The van der Waals surface area contributed by atoms with Crippen molar-refractivity contribution in [2.75, 3.05) is 13.7 Å². The fourth-order valence-electron chi connectivity index (χ4n) is 3.83. The second-order valence-corrected chi connectivity index (χ2v) is 7.18. The van der Waals surface area contributed by atoms with Crippen LogP contribution in [0.4, 0.5) is 4.79 Å². The number of phenols is 1. The van der Waals surface area contributed by atoms with Crippen LogP contribution in [0, 0.1) is 0 Å². The first-order valence-electron chi connectivity index (χ1n) is 9.43. The predicted molar refractivity (Wildman–Crippen MR) is 109 cm³/mol. The number of carbonyl (C=O) groups is 1. The van der Waals surface area contributed by atoms with Crippen LogP contribution in [0.2, 0.25) is 0 Å². The fraction of sp³-hybridized carbons (Fsp3) is 0.208. The third kappa shape index (κ3) is 3.22. The maximum atomic E-state index is 12.7. The summed E-state index contributed by atoms with van der Waals surface area (Å²) in [5.41, 5.74) is 5.76. The van der Waals surface area contributed by atoms with E-state index in [4.69, 9.17) is 4.74 Å². The first-order chi connectivity index (χ1) is 13.6. The first kappa shape index (κ1) is 18.1. The number of phenolic OH excluding ortho intramolecular Hbond substituents is 1. The van der Waals surface area contributed by atoms with Crippen molar-refractivity contribution in [2.24, 2.45) is 0 Å². The van der Waals surface area contributed by atoms with Crippen molar-refractivity contribution in [2.45, 2.75) is 18.9 Å². The highest BCUT2D eigenvalue weighted by molar-refractivity contribution is 5.79. The van der Waals surface area contributed by atoms with Gasteiger partial charge >= 0.3 is 6.09 Å². The van der Waals surface area contributed by atoms with E-state index >= 15 is 0 Å². The van der Waals surface area contributed by atoms with Crippen molar-refractivity contribution in [1.82, 2.24) is 4.90 Å². The topological polar surface area (TPSA) is 49.8 Å². The number of hydrogen-bond donors (Lipinski definition) is 1. The van der Waals surface area contributed by atoms with Crippen molar-refractivity contribution in [3.05, 3.63) is 89.5 Å². The zero-order chi connectivity index (χ0) is 19.7. The zero-order valence-electron chi connectivity index (χ0n) is 16.0.